The average molecular weight is 532 g/mol. The smallest absolute Gasteiger partial charge is 0.174 e. The number of aromatic nitrogens is 2. The summed E-state index contributed by atoms with van der Waals surface area (Å²) in [5.41, 5.74) is 9.41. The van der Waals surface area contributed by atoms with Crippen molar-refractivity contribution in [1.29, 1.82) is 0 Å². The Morgan fingerprint density at radius 3 is 2.29 bits per heavy atom. The van der Waals surface area contributed by atoms with Crippen LogP contribution in [-0.2, 0) is 0 Å². The summed E-state index contributed by atoms with van der Waals surface area (Å²) in [4.78, 5) is 6.98. The van der Waals surface area contributed by atoms with E-state index in [0.29, 0.717) is 5.11 Å². The molecule has 1 aliphatic rings. The summed E-state index contributed by atoms with van der Waals surface area (Å²) in [6.45, 7) is 8.74. The SMILES string of the molecule is Cc1cc(N2C(=S)N[C@@H](c3ccccn3)[C@@H]2c2c(C)c(C)n(-c3ccccc3)c2C)ccc1Br. The first-order valence-corrected chi connectivity index (χ1v) is 12.6. The number of nitrogens with one attached hydrogen (secondary N) is 1. The first kappa shape index (κ1) is 22.8. The van der Waals surface area contributed by atoms with Crippen molar-refractivity contribution < 1.29 is 0 Å². The fourth-order valence-corrected chi connectivity index (χ4v) is 5.70. The van der Waals surface area contributed by atoms with Gasteiger partial charge < -0.3 is 14.8 Å². The van der Waals surface area contributed by atoms with Gasteiger partial charge in [0, 0.05) is 39.0 Å². The Hall–Kier alpha value is -2.96. The van der Waals surface area contributed by atoms with Crippen molar-refractivity contribution in [1.82, 2.24) is 14.9 Å². The van der Waals surface area contributed by atoms with E-state index in [9.17, 15) is 0 Å². The molecule has 0 aliphatic carbocycles. The highest BCUT2D eigenvalue weighted by Crippen LogP contribution is 2.45. The summed E-state index contributed by atoms with van der Waals surface area (Å²) in [6, 6.07) is 22.9. The van der Waals surface area contributed by atoms with Crippen LogP contribution < -0.4 is 10.2 Å². The van der Waals surface area contributed by atoms with Crippen molar-refractivity contribution in [2.24, 2.45) is 0 Å². The topological polar surface area (TPSA) is 33.1 Å². The van der Waals surface area contributed by atoms with E-state index in [1.807, 2.05) is 18.3 Å². The van der Waals surface area contributed by atoms with Crippen LogP contribution in [0.2, 0.25) is 0 Å². The summed E-state index contributed by atoms with van der Waals surface area (Å²) in [5.74, 6) is 0. The van der Waals surface area contributed by atoms with Crippen LogP contribution in [0.4, 0.5) is 5.69 Å². The third kappa shape index (κ3) is 3.75. The maximum Gasteiger partial charge on any atom is 0.174 e. The Labute approximate surface area is 214 Å². The van der Waals surface area contributed by atoms with E-state index in [2.05, 4.69) is 113 Å². The fraction of sp³-hybridized carbons (Fsp3) is 0.214. The number of hydrogen-bond acceptors (Lipinski definition) is 2. The lowest BCUT2D eigenvalue weighted by Crippen LogP contribution is -2.30. The Kier molecular flexibility index (Phi) is 6.04. The van der Waals surface area contributed by atoms with Gasteiger partial charge in [-0.15, -0.1) is 0 Å². The van der Waals surface area contributed by atoms with E-state index in [1.165, 1.54) is 33.8 Å². The maximum absolute atomic E-state index is 5.94. The molecule has 4 nitrogen and oxygen atoms in total. The number of nitrogens with zero attached hydrogens (tertiary/aromatic N) is 3. The monoisotopic (exact) mass is 530 g/mol. The van der Waals surface area contributed by atoms with Crippen molar-refractivity contribution in [3.8, 4) is 5.69 Å². The van der Waals surface area contributed by atoms with Crippen LogP contribution in [0.25, 0.3) is 5.69 Å². The molecular formula is C28H27BrN4S. The first-order chi connectivity index (χ1) is 16.4. The molecule has 0 spiro atoms. The standard InChI is InChI=1S/C28H27BrN4S/c1-17-16-22(13-14-23(17)29)33-27(26(31-28(33)34)24-12-8-9-15-30-24)25-18(2)19(3)32(20(25)4)21-10-6-5-7-11-21/h5-16,26-27H,1-4H3,(H,31,34)/t26-,27-/m0/s1. The van der Waals surface area contributed by atoms with Crippen LogP contribution in [0.5, 0.6) is 0 Å². The summed E-state index contributed by atoms with van der Waals surface area (Å²) >= 11 is 9.58. The van der Waals surface area contributed by atoms with E-state index in [1.54, 1.807) is 0 Å². The van der Waals surface area contributed by atoms with Gasteiger partial charge in [0.1, 0.15) is 0 Å². The lowest BCUT2D eigenvalue weighted by atomic mass is 9.93. The molecule has 2 aromatic heterocycles. The molecule has 172 valence electrons. The van der Waals surface area contributed by atoms with E-state index in [0.717, 1.165) is 15.9 Å². The van der Waals surface area contributed by atoms with Crippen molar-refractivity contribution in [2.45, 2.75) is 39.8 Å². The molecule has 1 fully saturated rings. The van der Waals surface area contributed by atoms with Gasteiger partial charge in [0.05, 0.1) is 17.8 Å². The Morgan fingerprint density at radius 2 is 1.62 bits per heavy atom. The predicted molar refractivity (Wildman–Crippen MR) is 147 cm³/mol. The average Bonchev–Trinajstić information content (AvgIpc) is 3.29. The quantitative estimate of drug-likeness (QED) is 0.286. The number of para-hydroxylation sites is 1. The van der Waals surface area contributed by atoms with Gasteiger partial charge in [0.2, 0.25) is 0 Å². The third-order valence-corrected chi connectivity index (χ3v) is 8.04. The summed E-state index contributed by atoms with van der Waals surface area (Å²) < 4.78 is 3.44. The van der Waals surface area contributed by atoms with E-state index < -0.39 is 0 Å². The molecule has 34 heavy (non-hydrogen) atoms. The molecule has 5 rings (SSSR count). The van der Waals surface area contributed by atoms with E-state index >= 15 is 0 Å². The van der Waals surface area contributed by atoms with E-state index in [-0.39, 0.29) is 12.1 Å². The molecule has 0 bridgehead atoms. The highest BCUT2D eigenvalue weighted by atomic mass is 79.9. The summed E-state index contributed by atoms with van der Waals surface area (Å²) in [6.07, 6.45) is 1.85. The van der Waals surface area contributed by atoms with Gasteiger partial charge in [0.25, 0.3) is 0 Å². The van der Waals surface area contributed by atoms with Crippen LogP contribution in [0, 0.1) is 27.7 Å². The van der Waals surface area contributed by atoms with Crippen molar-refractivity contribution in [3.63, 3.8) is 0 Å². The summed E-state index contributed by atoms with van der Waals surface area (Å²) in [7, 11) is 0. The number of halogens is 1. The fourth-order valence-electron chi connectivity index (χ4n) is 5.11. The van der Waals surface area contributed by atoms with Crippen LogP contribution in [0.1, 0.15) is 45.9 Å². The Bertz CT molecular complexity index is 1360. The highest BCUT2D eigenvalue weighted by molar-refractivity contribution is 9.10. The van der Waals surface area contributed by atoms with Gasteiger partial charge in [-0.1, -0.05) is 40.2 Å². The maximum atomic E-state index is 5.94. The first-order valence-electron chi connectivity index (χ1n) is 11.4. The zero-order valence-electron chi connectivity index (χ0n) is 19.7. The van der Waals surface area contributed by atoms with Crippen molar-refractivity contribution >= 4 is 38.9 Å². The van der Waals surface area contributed by atoms with Gasteiger partial charge in [-0.25, -0.2) is 0 Å². The zero-order chi connectivity index (χ0) is 24.0. The van der Waals surface area contributed by atoms with Gasteiger partial charge in [-0.2, -0.15) is 0 Å². The van der Waals surface area contributed by atoms with Crippen molar-refractivity contribution in [2.75, 3.05) is 4.90 Å². The van der Waals surface area contributed by atoms with Crippen LogP contribution in [-0.4, -0.2) is 14.7 Å². The molecule has 3 heterocycles. The van der Waals surface area contributed by atoms with Crippen LogP contribution in [0.3, 0.4) is 0 Å². The number of aryl methyl sites for hydroxylation is 1. The normalized spacial score (nSPS) is 17.8. The van der Waals surface area contributed by atoms with Gasteiger partial charge in [0.15, 0.2) is 5.11 Å². The minimum absolute atomic E-state index is 0.0355. The molecule has 2 atom stereocenters. The molecule has 1 N–H and O–H groups in total. The minimum Gasteiger partial charge on any atom is -0.351 e. The molecule has 0 saturated carbocycles. The number of thiocarbonyl (C=S) groups is 1. The highest BCUT2D eigenvalue weighted by Gasteiger charge is 2.43. The molecule has 1 saturated heterocycles. The number of pyridine rings is 1. The second-order valence-electron chi connectivity index (χ2n) is 8.81. The zero-order valence-corrected chi connectivity index (χ0v) is 22.1. The van der Waals surface area contributed by atoms with Gasteiger partial charge >= 0.3 is 0 Å². The molecule has 6 heteroatoms. The lowest BCUT2D eigenvalue weighted by Gasteiger charge is -2.29. The number of hydrogen-bond donors (Lipinski definition) is 1. The van der Waals surface area contributed by atoms with Crippen LogP contribution in [0.15, 0.2) is 77.4 Å². The molecular weight excluding hydrogens is 504 g/mol. The number of benzene rings is 2. The number of rotatable bonds is 4. The Morgan fingerprint density at radius 1 is 0.882 bits per heavy atom. The third-order valence-electron chi connectivity index (χ3n) is 6.84. The largest absolute Gasteiger partial charge is 0.351 e. The molecule has 2 aromatic carbocycles. The molecule has 0 amide bonds. The molecule has 4 aromatic rings. The van der Waals surface area contributed by atoms with E-state index in [4.69, 9.17) is 17.2 Å². The van der Waals surface area contributed by atoms with Crippen LogP contribution >= 0.6 is 28.1 Å². The minimum atomic E-state index is -0.0684. The summed E-state index contributed by atoms with van der Waals surface area (Å²) in [5, 5.41) is 4.31. The molecule has 0 unspecified atom stereocenters. The number of anilines is 1. The second kappa shape index (κ2) is 9.01. The van der Waals surface area contributed by atoms with Crippen molar-refractivity contribution in [3.05, 3.63) is 111 Å². The predicted octanol–water partition coefficient (Wildman–Crippen LogP) is 7.05. The Balaban J connectivity index is 1.74. The van der Waals surface area contributed by atoms with Gasteiger partial charge in [-0.3, -0.25) is 4.98 Å². The molecule has 1 aliphatic heterocycles. The molecule has 0 radical (unpaired) electrons. The van der Waals surface area contributed by atoms with Gasteiger partial charge in [-0.05, 0) is 93.5 Å². The second-order valence-corrected chi connectivity index (χ2v) is 10.1. The lowest BCUT2D eigenvalue weighted by molar-refractivity contribution is 0.563.